The van der Waals surface area contributed by atoms with Crippen LogP contribution in [0.5, 0.6) is 0 Å². The summed E-state index contributed by atoms with van der Waals surface area (Å²) in [4.78, 5) is 0. The average molecular weight is 295 g/mol. The average Bonchev–Trinajstić information content (AvgIpc) is 2.18. The first-order valence-corrected chi connectivity index (χ1v) is 5.26. The summed E-state index contributed by atoms with van der Waals surface area (Å²) in [5, 5.41) is 0. The monoisotopic (exact) mass is 293 g/mol. The molecule has 84 valence electrons. The van der Waals surface area contributed by atoms with E-state index in [9.17, 15) is 4.39 Å². The van der Waals surface area contributed by atoms with Crippen molar-refractivity contribution in [1.29, 1.82) is 0 Å². The lowest BCUT2D eigenvalue weighted by molar-refractivity contribution is 0.610. The SMILES string of the molecule is C=CCC[C@@H](N)c1cc(F)ccc1Br.Cl. The van der Waals surface area contributed by atoms with E-state index in [-0.39, 0.29) is 24.3 Å². The molecule has 0 aromatic heterocycles. The minimum absolute atomic E-state index is 0. The Morgan fingerprint density at radius 3 is 2.80 bits per heavy atom. The Morgan fingerprint density at radius 2 is 2.20 bits per heavy atom. The summed E-state index contributed by atoms with van der Waals surface area (Å²) in [5.41, 5.74) is 6.72. The van der Waals surface area contributed by atoms with Gasteiger partial charge in [0.2, 0.25) is 0 Å². The molecule has 0 saturated heterocycles. The van der Waals surface area contributed by atoms with E-state index < -0.39 is 0 Å². The lowest BCUT2D eigenvalue weighted by Crippen LogP contribution is -2.10. The van der Waals surface area contributed by atoms with Crippen molar-refractivity contribution in [3.05, 3.63) is 46.7 Å². The van der Waals surface area contributed by atoms with Crippen molar-refractivity contribution in [3.8, 4) is 0 Å². The number of hydrogen-bond acceptors (Lipinski definition) is 1. The molecule has 2 N–H and O–H groups in total. The topological polar surface area (TPSA) is 26.0 Å². The third-order valence-corrected chi connectivity index (χ3v) is 2.76. The number of rotatable bonds is 4. The predicted octanol–water partition coefficient (Wildman–Crippen LogP) is 3.98. The molecule has 0 aliphatic rings. The van der Waals surface area contributed by atoms with Crippen molar-refractivity contribution in [2.24, 2.45) is 5.73 Å². The number of halogens is 3. The fraction of sp³-hybridized carbons (Fsp3) is 0.273. The maximum Gasteiger partial charge on any atom is 0.123 e. The molecule has 0 amide bonds. The minimum atomic E-state index is -0.253. The number of nitrogens with two attached hydrogens (primary N) is 1. The van der Waals surface area contributed by atoms with Gasteiger partial charge in [0, 0.05) is 10.5 Å². The van der Waals surface area contributed by atoms with Gasteiger partial charge < -0.3 is 5.73 Å². The molecule has 4 heteroatoms. The zero-order valence-corrected chi connectivity index (χ0v) is 10.7. The molecule has 1 atom stereocenters. The highest BCUT2D eigenvalue weighted by Gasteiger charge is 2.09. The second-order valence-electron chi connectivity index (χ2n) is 3.14. The maximum absolute atomic E-state index is 12.9. The normalized spacial score (nSPS) is 11.7. The summed E-state index contributed by atoms with van der Waals surface area (Å²) < 4.78 is 13.8. The third-order valence-electron chi connectivity index (χ3n) is 2.04. The second kappa shape index (κ2) is 6.99. The van der Waals surface area contributed by atoms with Gasteiger partial charge in [0.15, 0.2) is 0 Å². The Bertz CT molecular complexity index is 330. The maximum atomic E-state index is 12.9. The summed E-state index contributed by atoms with van der Waals surface area (Å²) in [6.45, 7) is 3.62. The quantitative estimate of drug-likeness (QED) is 0.835. The van der Waals surface area contributed by atoms with Crippen LogP contribution < -0.4 is 5.73 Å². The molecule has 1 aromatic rings. The van der Waals surface area contributed by atoms with Crippen molar-refractivity contribution in [2.45, 2.75) is 18.9 Å². The van der Waals surface area contributed by atoms with Crippen LogP contribution >= 0.6 is 28.3 Å². The standard InChI is InChI=1S/C11H13BrFN.ClH/c1-2-3-4-11(14)9-7-8(13)5-6-10(9)12;/h2,5-7,11H,1,3-4,14H2;1H/t11-;/m1./s1. The van der Waals surface area contributed by atoms with Crippen molar-refractivity contribution in [2.75, 3.05) is 0 Å². The van der Waals surface area contributed by atoms with Crippen molar-refractivity contribution >= 4 is 28.3 Å². The van der Waals surface area contributed by atoms with E-state index in [1.54, 1.807) is 6.07 Å². The van der Waals surface area contributed by atoms with Gasteiger partial charge in [0.05, 0.1) is 0 Å². The Kier molecular flexibility index (Phi) is 6.81. The van der Waals surface area contributed by atoms with Crippen LogP contribution in [-0.2, 0) is 0 Å². The zero-order chi connectivity index (χ0) is 10.6. The number of benzene rings is 1. The molecule has 0 saturated carbocycles. The third kappa shape index (κ3) is 4.33. The van der Waals surface area contributed by atoms with Crippen LogP contribution in [-0.4, -0.2) is 0 Å². The highest BCUT2D eigenvalue weighted by atomic mass is 79.9. The lowest BCUT2D eigenvalue weighted by Gasteiger charge is -2.12. The summed E-state index contributed by atoms with van der Waals surface area (Å²) in [7, 11) is 0. The van der Waals surface area contributed by atoms with Crippen LogP contribution in [0.3, 0.4) is 0 Å². The Morgan fingerprint density at radius 1 is 1.53 bits per heavy atom. The first-order valence-electron chi connectivity index (χ1n) is 4.46. The minimum Gasteiger partial charge on any atom is -0.324 e. The fourth-order valence-corrected chi connectivity index (χ4v) is 1.79. The van der Waals surface area contributed by atoms with Gasteiger partial charge in [-0.3, -0.25) is 0 Å². The van der Waals surface area contributed by atoms with Gasteiger partial charge in [0.1, 0.15) is 5.82 Å². The van der Waals surface area contributed by atoms with Crippen LogP contribution in [0.1, 0.15) is 24.4 Å². The van der Waals surface area contributed by atoms with Crippen LogP contribution in [0.15, 0.2) is 35.3 Å². The first-order chi connectivity index (χ1) is 6.65. The molecule has 0 fully saturated rings. The van der Waals surface area contributed by atoms with Gasteiger partial charge in [-0.1, -0.05) is 22.0 Å². The van der Waals surface area contributed by atoms with Crippen molar-refractivity contribution in [3.63, 3.8) is 0 Å². The smallest absolute Gasteiger partial charge is 0.123 e. The molecule has 15 heavy (non-hydrogen) atoms. The molecule has 0 bridgehead atoms. The van der Waals surface area contributed by atoms with Gasteiger partial charge in [-0.25, -0.2) is 4.39 Å². The Hall–Kier alpha value is -0.380. The van der Waals surface area contributed by atoms with Gasteiger partial charge in [-0.2, -0.15) is 0 Å². The van der Waals surface area contributed by atoms with E-state index in [0.717, 1.165) is 22.9 Å². The molecule has 0 aliphatic heterocycles. The van der Waals surface area contributed by atoms with E-state index in [4.69, 9.17) is 5.73 Å². The van der Waals surface area contributed by atoms with Crippen LogP contribution in [0.25, 0.3) is 0 Å². The van der Waals surface area contributed by atoms with E-state index >= 15 is 0 Å². The Balaban J connectivity index is 0.00000196. The van der Waals surface area contributed by atoms with Crippen molar-refractivity contribution in [1.82, 2.24) is 0 Å². The van der Waals surface area contributed by atoms with Crippen LogP contribution in [0.2, 0.25) is 0 Å². The van der Waals surface area contributed by atoms with Crippen LogP contribution in [0, 0.1) is 5.82 Å². The second-order valence-corrected chi connectivity index (χ2v) is 3.99. The molecular formula is C11H14BrClFN. The summed E-state index contributed by atoms with van der Waals surface area (Å²) in [6, 6.07) is 4.42. The van der Waals surface area contributed by atoms with E-state index in [2.05, 4.69) is 22.5 Å². The molecule has 0 radical (unpaired) electrons. The molecule has 0 spiro atoms. The van der Waals surface area contributed by atoms with E-state index in [1.807, 2.05) is 6.08 Å². The molecule has 0 aliphatic carbocycles. The largest absolute Gasteiger partial charge is 0.324 e. The van der Waals surface area contributed by atoms with E-state index in [0.29, 0.717) is 0 Å². The summed E-state index contributed by atoms with van der Waals surface area (Å²) >= 11 is 3.35. The molecular weight excluding hydrogens is 280 g/mol. The Labute approximate surface area is 104 Å². The van der Waals surface area contributed by atoms with Gasteiger partial charge in [-0.05, 0) is 36.6 Å². The molecule has 1 rings (SSSR count). The molecule has 1 nitrogen and oxygen atoms in total. The highest BCUT2D eigenvalue weighted by Crippen LogP contribution is 2.25. The van der Waals surface area contributed by atoms with Gasteiger partial charge >= 0.3 is 0 Å². The van der Waals surface area contributed by atoms with Gasteiger partial charge in [0.25, 0.3) is 0 Å². The summed E-state index contributed by atoms with van der Waals surface area (Å²) in [5.74, 6) is -0.253. The zero-order valence-electron chi connectivity index (χ0n) is 8.25. The number of hydrogen-bond donors (Lipinski definition) is 1. The number of allylic oxidation sites excluding steroid dienone is 1. The first kappa shape index (κ1) is 14.6. The predicted molar refractivity (Wildman–Crippen MR) is 67.7 cm³/mol. The van der Waals surface area contributed by atoms with Crippen molar-refractivity contribution < 1.29 is 4.39 Å². The molecule has 0 heterocycles. The fourth-order valence-electron chi connectivity index (χ4n) is 1.25. The van der Waals surface area contributed by atoms with Crippen LogP contribution in [0.4, 0.5) is 4.39 Å². The van der Waals surface area contributed by atoms with E-state index in [1.165, 1.54) is 12.1 Å². The molecule has 1 aromatic carbocycles. The molecule has 0 unspecified atom stereocenters. The summed E-state index contributed by atoms with van der Waals surface area (Å²) in [6.07, 6.45) is 3.43. The lowest BCUT2D eigenvalue weighted by atomic mass is 10.0. The van der Waals surface area contributed by atoms with Gasteiger partial charge in [-0.15, -0.1) is 19.0 Å². The highest BCUT2D eigenvalue weighted by molar-refractivity contribution is 9.10.